The molecule has 6 heteroatoms. The smallest absolute Gasteiger partial charge is 0.161 e. The first-order valence-corrected chi connectivity index (χ1v) is 5.67. The SMILES string of the molecule is N#CC1CN(c2c(N)cncc2Br)CCO1. The van der Waals surface area contributed by atoms with Crippen molar-refractivity contribution in [3.63, 3.8) is 0 Å². The van der Waals surface area contributed by atoms with E-state index < -0.39 is 6.10 Å². The van der Waals surface area contributed by atoms with E-state index in [1.807, 2.05) is 4.90 Å². The second-order valence-electron chi connectivity index (χ2n) is 3.49. The fourth-order valence-electron chi connectivity index (χ4n) is 1.71. The van der Waals surface area contributed by atoms with Crippen LogP contribution in [0.25, 0.3) is 0 Å². The minimum Gasteiger partial charge on any atom is -0.396 e. The zero-order valence-electron chi connectivity index (χ0n) is 8.56. The normalized spacial score (nSPS) is 20.5. The lowest BCUT2D eigenvalue weighted by Gasteiger charge is -2.32. The van der Waals surface area contributed by atoms with Crippen LogP contribution < -0.4 is 10.6 Å². The Bertz CT molecular complexity index is 411. The van der Waals surface area contributed by atoms with Gasteiger partial charge in [-0.2, -0.15) is 5.26 Å². The van der Waals surface area contributed by atoms with Crippen molar-refractivity contribution < 1.29 is 4.74 Å². The van der Waals surface area contributed by atoms with Crippen molar-refractivity contribution in [3.05, 3.63) is 16.9 Å². The van der Waals surface area contributed by atoms with Gasteiger partial charge in [0.25, 0.3) is 0 Å². The molecule has 1 aliphatic rings. The molecule has 16 heavy (non-hydrogen) atoms. The van der Waals surface area contributed by atoms with Crippen molar-refractivity contribution in [2.75, 3.05) is 30.3 Å². The van der Waals surface area contributed by atoms with Gasteiger partial charge in [-0.1, -0.05) is 0 Å². The molecule has 1 saturated heterocycles. The number of ether oxygens (including phenoxy) is 1. The molecule has 0 spiro atoms. The van der Waals surface area contributed by atoms with Crippen LogP contribution in [0.3, 0.4) is 0 Å². The van der Waals surface area contributed by atoms with Crippen LogP contribution in [0.1, 0.15) is 0 Å². The van der Waals surface area contributed by atoms with E-state index in [9.17, 15) is 0 Å². The first-order valence-electron chi connectivity index (χ1n) is 4.87. The molecule has 0 bridgehead atoms. The molecule has 1 atom stereocenters. The van der Waals surface area contributed by atoms with Crippen LogP contribution in [-0.4, -0.2) is 30.8 Å². The quantitative estimate of drug-likeness (QED) is 0.837. The number of nitrogen functional groups attached to an aromatic ring is 1. The zero-order valence-corrected chi connectivity index (χ0v) is 10.1. The van der Waals surface area contributed by atoms with Crippen molar-refractivity contribution in [1.29, 1.82) is 5.26 Å². The van der Waals surface area contributed by atoms with E-state index in [1.54, 1.807) is 12.4 Å². The minimum atomic E-state index is -0.395. The maximum atomic E-state index is 8.84. The Morgan fingerprint density at radius 1 is 1.62 bits per heavy atom. The van der Waals surface area contributed by atoms with E-state index >= 15 is 0 Å². The van der Waals surface area contributed by atoms with Crippen LogP contribution in [0.15, 0.2) is 16.9 Å². The molecule has 2 rings (SSSR count). The van der Waals surface area contributed by atoms with Crippen molar-refractivity contribution >= 4 is 27.3 Å². The molecule has 2 N–H and O–H groups in total. The minimum absolute atomic E-state index is 0.395. The van der Waals surface area contributed by atoms with Crippen LogP contribution in [0.2, 0.25) is 0 Å². The highest BCUT2D eigenvalue weighted by Crippen LogP contribution is 2.32. The Morgan fingerprint density at radius 2 is 2.44 bits per heavy atom. The standard InChI is InChI=1S/C10H11BrN4O/c11-8-4-14-5-9(13)10(8)15-1-2-16-7(3-12)6-15/h4-5,7H,1-2,6,13H2. The lowest BCUT2D eigenvalue weighted by Crippen LogP contribution is -2.42. The van der Waals surface area contributed by atoms with Crippen LogP contribution >= 0.6 is 15.9 Å². The summed E-state index contributed by atoms with van der Waals surface area (Å²) in [6, 6.07) is 2.11. The van der Waals surface area contributed by atoms with Crippen molar-refractivity contribution in [2.45, 2.75) is 6.10 Å². The van der Waals surface area contributed by atoms with Gasteiger partial charge in [0.1, 0.15) is 0 Å². The van der Waals surface area contributed by atoms with Gasteiger partial charge in [-0.05, 0) is 15.9 Å². The van der Waals surface area contributed by atoms with Gasteiger partial charge in [0.2, 0.25) is 0 Å². The van der Waals surface area contributed by atoms with Crippen molar-refractivity contribution in [3.8, 4) is 6.07 Å². The molecule has 0 aromatic carbocycles. The van der Waals surface area contributed by atoms with Crippen molar-refractivity contribution in [1.82, 2.24) is 4.98 Å². The van der Waals surface area contributed by atoms with E-state index in [4.69, 9.17) is 15.7 Å². The van der Waals surface area contributed by atoms with E-state index in [0.29, 0.717) is 18.8 Å². The summed E-state index contributed by atoms with van der Waals surface area (Å²) in [6.07, 6.45) is 2.91. The first-order chi connectivity index (χ1) is 7.72. The molecule has 1 unspecified atom stereocenters. The van der Waals surface area contributed by atoms with Gasteiger partial charge >= 0.3 is 0 Å². The summed E-state index contributed by atoms with van der Waals surface area (Å²) in [5.41, 5.74) is 7.37. The molecule has 1 aliphatic heterocycles. The number of hydrogen-bond acceptors (Lipinski definition) is 5. The van der Waals surface area contributed by atoms with Gasteiger partial charge < -0.3 is 15.4 Å². The molecule has 0 aliphatic carbocycles. The van der Waals surface area contributed by atoms with Crippen LogP contribution in [0.4, 0.5) is 11.4 Å². The third kappa shape index (κ3) is 2.10. The molecule has 0 radical (unpaired) electrons. The highest BCUT2D eigenvalue weighted by molar-refractivity contribution is 9.10. The third-order valence-corrected chi connectivity index (χ3v) is 3.01. The Morgan fingerprint density at radius 3 is 3.12 bits per heavy atom. The number of nitrogens with two attached hydrogens (primary N) is 1. The largest absolute Gasteiger partial charge is 0.396 e. The topological polar surface area (TPSA) is 75.2 Å². The number of nitriles is 1. The number of morpholine rings is 1. The fourth-order valence-corrected chi connectivity index (χ4v) is 2.31. The van der Waals surface area contributed by atoms with Gasteiger partial charge in [0.15, 0.2) is 6.10 Å². The highest BCUT2D eigenvalue weighted by atomic mass is 79.9. The molecule has 0 amide bonds. The number of halogens is 1. The zero-order chi connectivity index (χ0) is 11.5. The van der Waals surface area contributed by atoms with Gasteiger partial charge in [0.05, 0.1) is 41.3 Å². The summed E-state index contributed by atoms with van der Waals surface area (Å²) in [5, 5.41) is 8.84. The number of rotatable bonds is 1. The maximum absolute atomic E-state index is 8.84. The Kier molecular flexibility index (Phi) is 3.27. The molecule has 84 valence electrons. The summed E-state index contributed by atoms with van der Waals surface area (Å²) in [4.78, 5) is 6.02. The maximum Gasteiger partial charge on any atom is 0.161 e. The second kappa shape index (κ2) is 4.68. The average Bonchev–Trinajstić information content (AvgIpc) is 2.29. The molecular weight excluding hydrogens is 272 g/mol. The lowest BCUT2D eigenvalue weighted by atomic mass is 10.2. The fraction of sp³-hybridized carbons (Fsp3) is 0.400. The molecule has 5 nitrogen and oxygen atoms in total. The number of nitrogens with zero attached hydrogens (tertiary/aromatic N) is 3. The summed E-state index contributed by atoms with van der Waals surface area (Å²) >= 11 is 3.42. The van der Waals surface area contributed by atoms with Gasteiger partial charge in [0, 0.05) is 12.7 Å². The Hall–Kier alpha value is -1.32. The van der Waals surface area contributed by atoms with Crippen LogP contribution in [0, 0.1) is 11.3 Å². The van der Waals surface area contributed by atoms with Crippen LogP contribution in [0.5, 0.6) is 0 Å². The molecule has 1 aromatic rings. The summed E-state index contributed by atoms with van der Waals surface area (Å²) < 4.78 is 6.12. The van der Waals surface area contributed by atoms with E-state index in [2.05, 4.69) is 27.0 Å². The van der Waals surface area contributed by atoms with Gasteiger partial charge in [-0.3, -0.25) is 4.98 Å². The summed E-state index contributed by atoms with van der Waals surface area (Å²) in [5.74, 6) is 0. The average molecular weight is 283 g/mol. The predicted molar refractivity (Wildman–Crippen MR) is 63.9 cm³/mol. The molecule has 0 saturated carbocycles. The van der Waals surface area contributed by atoms with Crippen LogP contribution in [-0.2, 0) is 4.74 Å². The van der Waals surface area contributed by atoms with E-state index in [0.717, 1.165) is 16.7 Å². The van der Waals surface area contributed by atoms with Gasteiger partial charge in [-0.25, -0.2) is 0 Å². The monoisotopic (exact) mass is 282 g/mol. The summed E-state index contributed by atoms with van der Waals surface area (Å²) in [6.45, 7) is 1.79. The number of pyridine rings is 1. The lowest BCUT2D eigenvalue weighted by molar-refractivity contribution is 0.0764. The Labute approximate surface area is 102 Å². The Balaban J connectivity index is 2.27. The number of anilines is 2. The third-order valence-electron chi connectivity index (χ3n) is 2.43. The second-order valence-corrected chi connectivity index (χ2v) is 4.35. The molecule has 2 heterocycles. The van der Waals surface area contributed by atoms with E-state index in [-0.39, 0.29) is 0 Å². The predicted octanol–water partition coefficient (Wildman–Crippen LogP) is 1.16. The molecule has 1 aromatic heterocycles. The highest BCUT2D eigenvalue weighted by Gasteiger charge is 2.23. The van der Waals surface area contributed by atoms with Gasteiger partial charge in [-0.15, -0.1) is 0 Å². The molecular formula is C10H11BrN4O. The number of hydrogen-bond donors (Lipinski definition) is 1. The number of aromatic nitrogens is 1. The summed E-state index contributed by atoms with van der Waals surface area (Å²) in [7, 11) is 0. The van der Waals surface area contributed by atoms with E-state index in [1.165, 1.54) is 0 Å². The first kappa shape index (κ1) is 11.2. The van der Waals surface area contributed by atoms with Crippen molar-refractivity contribution in [2.24, 2.45) is 0 Å². The molecule has 1 fully saturated rings.